The molecule has 0 spiro atoms. The maximum atomic E-state index is 12.2. The Balaban J connectivity index is 1.73. The van der Waals surface area contributed by atoms with E-state index < -0.39 is 0 Å². The molecule has 0 unspecified atom stereocenters. The second-order valence-corrected chi connectivity index (χ2v) is 6.70. The van der Waals surface area contributed by atoms with Crippen LogP contribution in [0.5, 0.6) is 0 Å². The number of nitrogens with zero attached hydrogens (tertiary/aromatic N) is 1. The van der Waals surface area contributed by atoms with Crippen LogP contribution in [0.15, 0.2) is 53.5 Å². The van der Waals surface area contributed by atoms with E-state index in [0.29, 0.717) is 26.6 Å². The Morgan fingerprint density at radius 2 is 1.77 bits per heavy atom. The summed E-state index contributed by atoms with van der Waals surface area (Å²) in [5, 5.41) is 3.97. The summed E-state index contributed by atoms with van der Waals surface area (Å²) < 4.78 is 0. The highest BCUT2D eigenvalue weighted by atomic mass is 35.5. The molecule has 0 atom stereocenters. The van der Waals surface area contributed by atoms with E-state index in [2.05, 4.69) is 15.3 Å². The second-order valence-electron chi connectivity index (χ2n) is 5.45. The zero-order chi connectivity index (χ0) is 18.7. The Morgan fingerprint density at radius 1 is 1.04 bits per heavy atom. The number of carbonyl (C=O) groups is 1. The van der Waals surface area contributed by atoms with Gasteiger partial charge in [-0.1, -0.05) is 34.8 Å². The van der Waals surface area contributed by atoms with Crippen LogP contribution in [0.3, 0.4) is 0 Å². The minimum absolute atomic E-state index is 0.122. The predicted octanol–water partition coefficient (Wildman–Crippen LogP) is 4.58. The van der Waals surface area contributed by atoms with Gasteiger partial charge in [0.05, 0.1) is 16.5 Å². The van der Waals surface area contributed by atoms with Crippen molar-refractivity contribution in [2.24, 2.45) is 0 Å². The molecular formula is C18H12Cl3N3O2. The van der Waals surface area contributed by atoms with Crippen molar-refractivity contribution < 1.29 is 4.79 Å². The number of amides is 1. The molecule has 0 aliphatic rings. The number of rotatable bonds is 4. The van der Waals surface area contributed by atoms with Gasteiger partial charge in [-0.15, -0.1) is 0 Å². The first-order valence-corrected chi connectivity index (χ1v) is 8.65. The van der Waals surface area contributed by atoms with E-state index in [1.165, 1.54) is 12.3 Å². The van der Waals surface area contributed by atoms with Gasteiger partial charge >= 0.3 is 0 Å². The number of aromatic nitrogens is 2. The molecular weight excluding hydrogens is 397 g/mol. The standard InChI is InChI=1S/C18H12Cl3N3O2/c19-12-3-1-10(2-4-12)17-22-9-11(18(26)24-17)7-16(25)23-13-5-6-14(20)15(21)8-13/h1-6,8-9H,7H2,(H,23,25)(H,22,24,26). The Bertz CT molecular complexity index is 1020. The highest BCUT2D eigenvalue weighted by Crippen LogP contribution is 2.25. The number of carbonyl (C=O) groups excluding carboxylic acids is 1. The van der Waals surface area contributed by atoms with Crippen LogP contribution in [-0.2, 0) is 11.2 Å². The fraction of sp³-hybridized carbons (Fsp3) is 0.0556. The molecule has 0 aliphatic carbocycles. The lowest BCUT2D eigenvalue weighted by Crippen LogP contribution is -2.22. The fourth-order valence-corrected chi connectivity index (χ4v) is 2.68. The lowest BCUT2D eigenvalue weighted by molar-refractivity contribution is -0.115. The van der Waals surface area contributed by atoms with Crippen molar-refractivity contribution >= 4 is 46.4 Å². The number of anilines is 1. The third-order valence-electron chi connectivity index (χ3n) is 3.55. The lowest BCUT2D eigenvalue weighted by atomic mass is 10.2. The molecule has 0 saturated carbocycles. The average Bonchev–Trinajstić information content (AvgIpc) is 2.60. The third kappa shape index (κ3) is 4.43. The second kappa shape index (κ2) is 7.91. The quantitative estimate of drug-likeness (QED) is 0.663. The van der Waals surface area contributed by atoms with Crippen LogP contribution in [0.4, 0.5) is 5.69 Å². The summed E-state index contributed by atoms with van der Waals surface area (Å²) in [4.78, 5) is 31.2. The monoisotopic (exact) mass is 407 g/mol. The van der Waals surface area contributed by atoms with Gasteiger partial charge in [0.1, 0.15) is 5.82 Å². The van der Waals surface area contributed by atoms with E-state index in [9.17, 15) is 9.59 Å². The molecule has 0 saturated heterocycles. The molecule has 0 radical (unpaired) electrons. The van der Waals surface area contributed by atoms with E-state index in [1.54, 1.807) is 36.4 Å². The van der Waals surface area contributed by atoms with Gasteiger partial charge in [0.25, 0.3) is 5.56 Å². The van der Waals surface area contributed by atoms with Gasteiger partial charge in [-0.2, -0.15) is 0 Å². The molecule has 2 aromatic carbocycles. The SMILES string of the molecule is O=C(Cc1cnc(-c2ccc(Cl)cc2)[nH]c1=O)Nc1ccc(Cl)c(Cl)c1. The summed E-state index contributed by atoms with van der Waals surface area (Å²) in [6.45, 7) is 0. The van der Waals surface area contributed by atoms with Crippen molar-refractivity contribution in [3.8, 4) is 11.4 Å². The molecule has 5 nitrogen and oxygen atoms in total. The summed E-state index contributed by atoms with van der Waals surface area (Å²) in [6, 6.07) is 11.6. The molecule has 2 N–H and O–H groups in total. The molecule has 1 heterocycles. The Labute approximate surface area is 163 Å². The number of halogens is 3. The van der Waals surface area contributed by atoms with Crippen LogP contribution in [0, 0.1) is 0 Å². The molecule has 0 fully saturated rings. The summed E-state index contributed by atoms with van der Waals surface area (Å²) in [5.74, 6) is 0.0373. The van der Waals surface area contributed by atoms with Crippen LogP contribution in [0.2, 0.25) is 15.1 Å². The molecule has 3 aromatic rings. The zero-order valence-electron chi connectivity index (χ0n) is 13.2. The first kappa shape index (κ1) is 18.5. The van der Waals surface area contributed by atoms with Crippen LogP contribution in [0.1, 0.15) is 5.56 Å². The smallest absolute Gasteiger partial charge is 0.254 e. The topological polar surface area (TPSA) is 74.8 Å². The van der Waals surface area contributed by atoms with Gasteiger partial charge in [-0.3, -0.25) is 9.59 Å². The number of hydrogen-bond acceptors (Lipinski definition) is 3. The highest BCUT2D eigenvalue weighted by molar-refractivity contribution is 6.42. The normalized spacial score (nSPS) is 10.6. The first-order chi connectivity index (χ1) is 12.4. The molecule has 1 aromatic heterocycles. The van der Waals surface area contributed by atoms with Crippen molar-refractivity contribution in [2.75, 3.05) is 5.32 Å². The van der Waals surface area contributed by atoms with Crippen LogP contribution < -0.4 is 10.9 Å². The molecule has 26 heavy (non-hydrogen) atoms. The predicted molar refractivity (Wildman–Crippen MR) is 104 cm³/mol. The number of aromatic amines is 1. The van der Waals surface area contributed by atoms with Gasteiger partial charge < -0.3 is 10.3 Å². The number of H-pyrrole nitrogens is 1. The van der Waals surface area contributed by atoms with Crippen molar-refractivity contribution in [3.63, 3.8) is 0 Å². The van der Waals surface area contributed by atoms with E-state index in [1.807, 2.05) is 0 Å². The van der Waals surface area contributed by atoms with Gasteiger partial charge in [0, 0.05) is 28.0 Å². The minimum Gasteiger partial charge on any atom is -0.326 e. The minimum atomic E-state index is -0.380. The average molecular weight is 409 g/mol. The Morgan fingerprint density at radius 3 is 2.42 bits per heavy atom. The van der Waals surface area contributed by atoms with Crippen molar-refractivity contribution in [1.82, 2.24) is 9.97 Å². The Hall–Kier alpha value is -2.34. The molecule has 1 amide bonds. The van der Waals surface area contributed by atoms with Gasteiger partial charge in [0.15, 0.2) is 0 Å². The van der Waals surface area contributed by atoms with E-state index in [4.69, 9.17) is 34.8 Å². The number of benzene rings is 2. The van der Waals surface area contributed by atoms with Crippen molar-refractivity contribution in [3.05, 3.63) is 79.6 Å². The van der Waals surface area contributed by atoms with Gasteiger partial charge in [-0.05, 0) is 42.5 Å². The molecule has 132 valence electrons. The fourth-order valence-electron chi connectivity index (χ4n) is 2.25. The van der Waals surface area contributed by atoms with Crippen molar-refractivity contribution in [2.45, 2.75) is 6.42 Å². The zero-order valence-corrected chi connectivity index (χ0v) is 15.5. The maximum Gasteiger partial charge on any atom is 0.254 e. The van der Waals surface area contributed by atoms with Gasteiger partial charge in [0.2, 0.25) is 5.91 Å². The molecule has 0 aliphatic heterocycles. The number of nitrogens with one attached hydrogen (secondary N) is 2. The third-order valence-corrected chi connectivity index (χ3v) is 4.54. The van der Waals surface area contributed by atoms with Crippen LogP contribution in [-0.4, -0.2) is 15.9 Å². The summed E-state index contributed by atoms with van der Waals surface area (Å²) in [5.41, 5.74) is 1.08. The summed E-state index contributed by atoms with van der Waals surface area (Å²) in [7, 11) is 0. The Kier molecular flexibility index (Phi) is 5.61. The molecule has 0 bridgehead atoms. The molecule has 3 rings (SSSR count). The maximum absolute atomic E-state index is 12.2. The van der Waals surface area contributed by atoms with Crippen molar-refractivity contribution in [1.29, 1.82) is 0 Å². The summed E-state index contributed by atoms with van der Waals surface area (Å²) in [6.07, 6.45) is 1.26. The van der Waals surface area contributed by atoms with Crippen LogP contribution in [0.25, 0.3) is 11.4 Å². The van der Waals surface area contributed by atoms with E-state index in [-0.39, 0.29) is 23.5 Å². The largest absolute Gasteiger partial charge is 0.326 e. The molecule has 8 heteroatoms. The number of hydrogen-bond donors (Lipinski definition) is 2. The van der Waals surface area contributed by atoms with Gasteiger partial charge in [-0.25, -0.2) is 4.98 Å². The first-order valence-electron chi connectivity index (χ1n) is 7.51. The summed E-state index contributed by atoms with van der Waals surface area (Å²) >= 11 is 17.6. The van der Waals surface area contributed by atoms with E-state index >= 15 is 0 Å². The highest BCUT2D eigenvalue weighted by Gasteiger charge is 2.11. The lowest BCUT2D eigenvalue weighted by Gasteiger charge is -2.07. The van der Waals surface area contributed by atoms with E-state index in [0.717, 1.165) is 5.56 Å². The van der Waals surface area contributed by atoms with Crippen LogP contribution >= 0.6 is 34.8 Å².